The van der Waals surface area contributed by atoms with Crippen LogP contribution in [0.3, 0.4) is 0 Å². The van der Waals surface area contributed by atoms with Crippen LogP contribution in [0.15, 0.2) is 36.5 Å². The van der Waals surface area contributed by atoms with E-state index in [1.807, 2.05) is 19.9 Å². The second kappa shape index (κ2) is 8.11. The van der Waals surface area contributed by atoms with Crippen LogP contribution in [0.2, 0.25) is 0 Å². The fourth-order valence-electron chi connectivity index (χ4n) is 2.13. The van der Waals surface area contributed by atoms with Crippen molar-refractivity contribution in [1.29, 1.82) is 5.26 Å². The van der Waals surface area contributed by atoms with Gasteiger partial charge in [-0.25, -0.2) is 9.48 Å². The van der Waals surface area contributed by atoms with E-state index >= 15 is 0 Å². The maximum atomic E-state index is 12.3. The summed E-state index contributed by atoms with van der Waals surface area (Å²) in [5.41, 5.74) is 0.726. The summed E-state index contributed by atoms with van der Waals surface area (Å²) in [4.78, 5) is 24.3. The highest BCUT2D eigenvalue weighted by atomic mass is 16.5. The first kappa shape index (κ1) is 18.2. The quantitative estimate of drug-likeness (QED) is 0.816. The average Bonchev–Trinajstić information content (AvgIpc) is 3.09. The van der Waals surface area contributed by atoms with Crippen molar-refractivity contribution in [2.45, 2.75) is 39.3 Å². The number of ether oxygens (including phenoxy) is 1. The van der Waals surface area contributed by atoms with E-state index in [1.54, 1.807) is 16.9 Å². The van der Waals surface area contributed by atoms with Crippen molar-refractivity contribution in [1.82, 2.24) is 9.78 Å². The largest absolute Gasteiger partial charge is 0.449 e. The van der Waals surface area contributed by atoms with Crippen molar-refractivity contribution in [2.75, 3.05) is 5.32 Å². The molecule has 0 aliphatic rings. The van der Waals surface area contributed by atoms with Crippen molar-refractivity contribution in [3.63, 3.8) is 0 Å². The van der Waals surface area contributed by atoms with Gasteiger partial charge >= 0.3 is 5.97 Å². The molecule has 1 aromatic heterocycles. The van der Waals surface area contributed by atoms with Crippen LogP contribution in [0.4, 0.5) is 5.82 Å². The number of rotatable bonds is 6. The van der Waals surface area contributed by atoms with Gasteiger partial charge in [0.2, 0.25) is 0 Å². The monoisotopic (exact) mass is 340 g/mol. The zero-order chi connectivity index (χ0) is 18.4. The summed E-state index contributed by atoms with van der Waals surface area (Å²) in [6.45, 7) is 5.53. The molecule has 2 atom stereocenters. The number of benzene rings is 1. The molecule has 0 aliphatic heterocycles. The van der Waals surface area contributed by atoms with E-state index < -0.39 is 18.0 Å². The SMILES string of the molecule is CC[C@H](C)n1nccc1NC(=O)[C@@H](C)OC(=O)c1ccc(C#N)cc1. The van der Waals surface area contributed by atoms with Crippen LogP contribution in [0.1, 0.15) is 49.2 Å². The first-order valence-electron chi connectivity index (χ1n) is 8.01. The third-order valence-electron chi connectivity index (χ3n) is 3.83. The number of esters is 1. The molecule has 0 spiro atoms. The third-order valence-corrected chi connectivity index (χ3v) is 3.83. The number of anilines is 1. The smallest absolute Gasteiger partial charge is 0.338 e. The third kappa shape index (κ3) is 4.44. The molecule has 7 heteroatoms. The lowest BCUT2D eigenvalue weighted by molar-refractivity contribution is -0.123. The molecule has 0 saturated carbocycles. The summed E-state index contributed by atoms with van der Waals surface area (Å²) >= 11 is 0. The second-order valence-corrected chi connectivity index (χ2v) is 5.64. The standard InChI is InChI=1S/C18H20N4O3/c1-4-12(2)22-16(9-10-20-22)21-17(23)13(3)25-18(24)15-7-5-14(11-19)6-8-15/h5-10,12-13H,4H2,1-3H3,(H,21,23)/t12-,13+/m0/s1. The molecule has 25 heavy (non-hydrogen) atoms. The molecule has 0 fully saturated rings. The maximum absolute atomic E-state index is 12.3. The summed E-state index contributed by atoms with van der Waals surface area (Å²) in [7, 11) is 0. The molecule has 2 rings (SSSR count). The van der Waals surface area contributed by atoms with Crippen molar-refractivity contribution in [3.05, 3.63) is 47.7 Å². The van der Waals surface area contributed by atoms with Crippen LogP contribution < -0.4 is 5.32 Å². The van der Waals surface area contributed by atoms with Gasteiger partial charge in [-0.15, -0.1) is 0 Å². The maximum Gasteiger partial charge on any atom is 0.338 e. The number of amides is 1. The van der Waals surface area contributed by atoms with E-state index in [-0.39, 0.29) is 11.6 Å². The number of hydrogen-bond acceptors (Lipinski definition) is 5. The van der Waals surface area contributed by atoms with E-state index in [1.165, 1.54) is 31.2 Å². The first-order chi connectivity index (χ1) is 12.0. The Labute approximate surface area is 146 Å². The zero-order valence-electron chi connectivity index (χ0n) is 14.4. The molecule has 7 nitrogen and oxygen atoms in total. The Morgan fingerprint density at radius 1 is 1.28 bits per heavy atom. The average molecular weight is 340 g/mol. The molecule has 1 heterocycles. The summed E-state index contributed by atoms with van der Waals surface area (Å²) in [5.74, 6) is -0.504. The molecule has 1 amide bonds. The number of nitrogens with one attached hydrogen (secondary N) is 1. The molecular weight excluding hydrogens is 320 g/mol. The van der Waals surface area contributed by atoms with Gasteiger partial charge in [-0.3, -0.25) is 4.79 Å². The molecular formula is C18H20N4O3. The highest BCUT2D eigenvalue weighted by Crippen LogP contribution is 2.17. The Balaban J connectivity index is 1.99. The minimum atomic E-state index is -0.969. The van der Waals surface area contributed by atoms with Crippen molar-refractivity contribution in [2.24, 2.45) is 0 Å². The molecule has 0 unspecified atom stereocenters. The summed E-state index contributed by atoms with van der Waals surface area (Å²) in [6, 6.07) is 9.82. The van der Waals surface area contributed by atoms with E-state index in [2.05, 4.69) is 10.4 Å². The molecule has 0 bridgehead atoms. The van der Waals surface area contributed by atoms with Gasteiger partial charge < -0.3 is 10.1 Å². The number of nitrogens with zero attached hydrogens (tertiary/aromatic N) is 3. The molecule has 0 radical (unpaired) electrons. The Hall–Kier alpha value is -3.14. The van der Waals surface area contributed by atoms with Gasteiger partial charge in [0, 0.05) is 6.07 Å². The van der Waals surface area contributed by atoms with Gasteiger partial charge in [-0.05, 0) is 44.5 Å². The van der Waals surface area contributed by atoms with E-state index in [0.29, 0.717) is 11.4 Å². The molecule has 1 aromatic carbocycles. The van der Waals surface area contributed by atoms with Crippen LogP contribution in [0.25, 0.3) is 0 Å². The van der Waals surface area contributed by atoms with Gasteiger partial charge in [-0.2, -0.15) is 10.4 Å². The van der Waals surface area contributed by atoms with Crippen LogP contribution in [0, 0.1) is 11.3 Å². The number of aromatic nitrogens is 2. The molecule has 0 aliphatic carbocycles. The Kier molecular flexibility index (Phi) is 5.90. The van der Waals surface area contributed by atoms with Gasteiger partial charge in [0.25, 0.3) is 5.91 Å². The van der Waals surface area contributed by atoms with Gasteiger partial charge in [-0.1, -0.05) is 6.92 Å². The predicted molar refractivity (Wildman–Crippen MR) is 91.9 cm³/mol. The molecule has 2 aromatic rings. The summed E-state index contributed by atoms with van der Waals surface area (Å²) in [6.07, 6.45) is 1.51. The predicted octanol–water partition coefficient (Wildman–Crippen LogP) is 2.91. The van der Waals surface area contributed by atoms with E-state index in [4.69, 9.17) is 10.00 Å². The highest BCUT2D eigenvalue weighted by Gasteiger charge is 2.21. The number of hydrogen-bond donors (Lipinski definition) is 1. The lowest BCUT2D eigenvalue weighted by Crippen LogP contribution is -2.31. The van der Waals surface area contributed by atoms with Crippen molar-refractivity contribution in [3.8, 4) is 6.07 Å². The van der Waals surface area contributed by atoms with Gasteiger partial charge in [0.1, 0.15) is 5.82 Å². The Morgan fingerprint density at radius 2 is 1.96 bits per heavy atom. The minimum Gasteiger partial charge on any atom is -0.449 e. The van der Waals surface area contributed by atoms with Gasteiger partial charge in [0.15, 0.2) is 6.10 Å². The summed E-state index contributed by atoms with van der Waals surface area (Å²) in [5, 5.41) is 15.7. The fraction of sp³-hybridized carbons (Fsp3) is 0.333. The highest BCUT2D eigenvalue weighted by molar-refractivity contribution is 5.96. The zero-order valence-corrected chi connectivity index (χ0v) is 14.4. The molecule has 1 N–H and O–H groups in total. The van der Waals surface area contributed by atoms with E-state index in [0.717, 1.165) is 6.42 Å². The van der Waals surface area contributed by atoms with Crippen molar-refractivity contribution >= 4 is 17.7 Å². The normalized spacial score (nSPS) is 12.7. The van der Waals surface area contributed by atoms with E-state index in [9.17, 15) is 9.59 Å². The van der Waals surface area contributed by atoms with Crippen LogP contribution in [-0.2, 0) is 9.53 Å². The lowest BCUT2D eigenvalue weighted by Gasteiger charge is -2.17. The van der Waals surface area contributed by atoms with Crippen LogP contribution in [-0.4, -0.2) is 27.8 Å². The van der Waals surface area contributed by atoms with Crippen LogP contribution >= 0.6 is 0 Å². The number of carbonyl (C=O) groups is 2. The minimum absolute atomic E-state index is 0.141. The topological polar surface area (TPSA) is 97.0 Å². The second-order valence-electron chi connectivity index (χ2n) is 5.64. The summed E-state index contributed by atoms with van der Waals surface area (Å²) < 4.78 is 6.90. The number of carbonyl (C=O) groups excluding carboxylic acids is 2. The number of nitriles is 1. The van der Waals surface area contributed by atoms with Gasteiger partial charge in [0.05, 0.1) is 29.4 Å². The molecule has 0 saturated heterocycles. The Morgan fingerprint density at radius 3 is 2.56 bits per heavy atom. The lowest BCUT2D eigenvalue weighted by atomic mass is 10.1. The molecule has 130 valence electrons. The van der Waals surface area contributed by atoms with Crippen molar-refractivity contribution < 1.29 is 14.3 Å². The first-order valence-corrected chi connectivity index (χ1v) is 8.01. The Bertz CT molecular complexity index is 789. The fourth-order valence-corrected chi connectivity index (χ4v) is 2.13. The van der Waals surface area contributed by atoms with Crippen LogP contribution in [0.5, 0.6) is 0 Å².